The Morgan fingerprint density at radius 3 is 2.83 bits per heavy atom. The molecule has 0 aliphatic carbocycles. The van der Waals surface area contributed by atoms with Gasteiger partial charge in [-0.05, 0) is 24.5 Å². The number of aryl methyl sites for hydroxylation is 1. The number of rotatable bonds is 3. The molecule has 2 heterocycles. The Morgan fingerprint density at radius 2 is 2.17 bits per heavy atom. The van der Waals surface area contributed by atoms with E-state index < -0.39 is 5.97 Å². The molecule has 4 nitrogen and oxygen atoms in total. The molecule has 3 rings (SSSR count). The molecule has 1 aromatic rings. The maximum atomic E-state index is 11.1. The lowest BCUT2D eigenvalue weighted by Gasteiger charge is -2.53. The summed E-state index contributed by atoms with van der Waals surface area (Å²) in [6, 6.07) is 8.38. The molecule has 2 aliphatic heterocycles. The molecule has 0 spiro atoms. The van der Waals surface area contributed by atoms with Gasteiger partial charge in [0.15, 0.2) is 0 Å². The van der Waals surface area contributed by atoms with E-state index in [2.05, 4.69) is 28.4 Å². The lowest BCUT2D eigenvalue weighted by atomic mass is 9.83. The van der Waals surface area contributed by atoms with E-state index in [4.69, 9.17) is 5.11 Å². The van der Waals surface area contributed by atoms with Crippen LogP contribution in [0.4, 0.5) is 5.69 Å². The van der Waals surface area contributed by atoms with Gasteiger partial charge in [0.2, 0.25) is 0 Å². The molecule has 0 amide bonds. The number of carbonyl (C=O) groups is 1. The number of hydrogen-bond acceptors (Lipinski definition) is 3. The second-order valence-corrected chi connectivity index (χ2v) is 5.28. The molecule has 0 saturated carbocycles. The molecule has 0 bridgehead atoms. The van der Waals surface area contributed by atoms with E-state index in [-0.39, 0.29) is 12.0 Å². The van der Waals surface area contributed by atoms with Crippen LogP contribution in [-0.4, -0.2) is 36.2 Å². The normalized spacial score (nSPS) is 21.0. The zero-order valence-electron chi connectivity index (χ0n) is 10.4. The Morgan fingerprint density at radius 1 is 1.39 bits per heavy atom. The zero-order valence-corrected chi connectivity index (χ0v) is 10.4. The number of nitrogens with one attached hydrogen (secondary N) is 1. The number of carboxylic acid groups (broad SMARTS) is 1. The highest BCUT2D eigenvalue weighted by Gasteiger charge is 2.45. The number of nitrogens with zero attached hydrogens (tertiary/aromatic N) is 1. The van der Waals surface area contributed by atoms with E-state index >= 15 is 0 Å². The van der Waals surface area contributed by atoms with Gasteiger partial charge in [0, 0.05) is 25.3 Å². The van der Waals surface area contributed by atoms with E-state index in [0.717, 1.165) is 32.5 Å². The molecular formula is C14H18N2O2. The van der Waals surface area contributed by atoms with Gasteiger partial charge in [-0.15, -0.1) is 0 Å². The van der Waals surface area contributed by atoms with Crippen LogP contribution in [0.5, 0.6) is 0 Å². The van der Waals surface area contributed by atoms with Gasteiger partial charge in [-0.1, -0.05) is 18.2 Å². The summed E-state index contributed by atoms with van der Waals surface area (Å²) in [5.74, 6) is -0.709. The van der Waals surface area contributed by atoms with Crippen molar-refractivity contribution in [2.75, 3.05) is 24.5 Å². The predicted molar refractivity (Wildman–Crippen MR) is 70.0 cm³/mol. The van der Waals surface area contributed by atoms with Crippen LogP contribution >= 0.6 is 0 Å². The first-order valence-electron chi connectivity index (χ1n) is 6.49. The molecule has 2 aliphatic rings. The van der Waals surface area contributed by atoms with E-state index in [1.54, 1.807) is 0 Å². The topological polar surface area (TPSA) is 52.6 Å². The number of hydrogen-bond donors (Lipinski definition) is 2. The fourth-order valence-corrected chi connectivity index (χ4v) is 3.13. The molecule has 1 aromatic carbocycles. The first kappa shape index (κ1) is 11.5. The smallest absolute Gasteiger partial charge is 0.305 e. The summed E-state index contributed by atoms with van der Waals surface area (Å²) >= 11 is 0. The standard InChI is InChI=1S/C14H18N2O2/c17-13(18)8-14(9-15-10-14)16-7-3-5-11-4-1-2-6-12(11)16/h1-2,4,6,15H,3,5,7-10H2,(H,17,18). The van der Waals surface area contributed by atoms with Gasteiger partial charge in [-0.2, -0.15) is 0 Å². The van der Waals surface area contributed by atoms with Crippen molar-refractivity contribution < 1.29 is 9.90 Å². The van der Waals surface area contributed by atoms with Gasteiger partial charge in [0.1, 0.15) is 0 Å². The maximum absolute atomic E-state index is 11.1. The quantitative estimate of drug-likeness (QED) is 0.843. The van der Waals surface area contributed by atoms with Crippen LogP contribution in [0, 0.1) is 0 Å². The largest absolute Gasteiger partial charge is 0.481 e. The summed E-state index contributed by atoms with van der Waals surface area (Å²) in [7, 11) is 0. The van der Waals surface area contributed by atoms with Crippen molar-refractivity contribution in [3.63, 3.8) is 0 Å². The number of aliphatic carboxylic acids is 1. The number of fused-ring (bicyclic) bond motifs is 1. The summed E-state index contributed by atoms with van der Waals surface area (Å²) in [5.41, 5.74) is 2.36. The number of para-hydroxylation sites is 1. The van der Waals surface area contributed by atoms with Crippen LogP contribution in [0.3, 0.4) is 0 Å². The van der Waals surface area contributed by atoms with Crippen LogP contribution in [0.15, 0.2) is 24.3 Å². The second-order valence-electron chi connectivity index (χ2n) is 5.28. The molecule has 2 N–H and O–H groups in total. The Labute approximate surface area is 107 Å². The monoisotopic (exact) mass is 246 g/mol. The molecule has 1 saturated heterocycles. The van der Waals surface area contributed by atoms with E-state index in [0.29, 0.717) is 0 Å². The molecule has 4 heteroatoms. The third-order valence-corrected chi connectivity index (χ3v) is 4.07. The predicted octanol–water partition coefficient (Wildman–Crippen LogP) is 1.26. The van der Waals surface area contributed by atoms with Crippen LogP contribution in [0.25, 0.3) is 0 Å². The molecule has 0 aromatic heterocycles. The number of carboxylic acids is 1. The van der Waals surface area contributed by atoms with Crippen LogP contribution in [0.1, 0.15) is 18.4 Å². The highest BCUT2D eigenvalue weighted by Crippen LogP contribution is 2.36. The molecular weight excluding hydrogens is 228 g/mol. The van der Waals surface area contributed by atoms with E-state index in [9.17, 15) is 4.79 Å². The number of benzene rings is 1. The average molecular weight is 246 g/mol. The van der Waals surface area contributed by atoms with Crippen molar-refractivity contribution in [2.45, 2.75) is 24.8 Å². The van der Waals surface area contributed by atoms with Gasteiger partial charge < -0.3 is 15.3 Å². The first-order chi connectivity index (χ1) is 8.71. The summed E-state index contributed by atoms with van der Waals surface area (Å²) in [6.45, 7) is 2.51. The highest BCUT2D eigenvalue weighted by atomic mass is 16.4. The molecule has 0 atom stereocenters. The van der Waals surface area contributed by atoms with Crippen LogP contribution in [-0.2, 0) is 11.2 Å². The third kappa shape index (κ3) is 1.77. The lowest BCUT2D eigenvalue weighted by molar-refractivity contribution is -0.139. The molecule has 18 heavy (non-hydrogen) atoms. The molecule has 0 unspecified atom stereocenters. The fraction of sp³-hybridized carbons (Fsp3) is 0.500. The van der Waals surface area contributed by atoms with Gasteiger partial charge in [0.25, 0.3) is 0 Å². The number of anilines is 1. The SMILES string of the molecule is O=C(O)CC1(N2CCCc3ccccc32)CNC1. The first-order valence-corrected chi connectivity index (χ1v) is 6.49. The summed E-state index contributed by atoms with van der Waals surface area (Å²) in [4.78, 5) is 13.4. The highest BCUT2D eigenvalue weighted by molar-refractivity contribution is 5.71. The third-order valence-electron chi connectivity index (χ3n) is 4.07. The lowest BCUT2D eigenvalue weighted by Crippen LogP contribution is -2.70. The summed E-state index contributed by atoms with van der Waals surface area (Å²) in [5, 5.41) is 12.4. The van der Waals surface area contributed by atoms with Crippen molar-refractivity contribution in [1.82, 2.24) is 5.32 Å². The van der Waals surface area contributed by atoms with Crippen molar-refractivity contribution in [3.8, 4) is 0 Å². The van der Waals surface area contributed by atoms with Gasteiger partial charge in [0.05, 0.1) is 12.0 Å². The maximum Gasteiger partial charge on any atom is 0.305 e. The summed E-state index contributed by atoms with van der Waals surface area (Å²) < 4.78 is 0. The van der Waals surface area contributed by atoms with Gasteiger partial charge in [-0.25, -0.2) is 0 Å². The molecule has 1 fully saturated rings. The minimum atomic E-state index is -0.709. The second kappa shape index (κ2) is 4.28. The van der Waals surface area contributed by atoms with Crippen molar-refractivity contribution in [3.05, 3.63) is 29.8 Å². The molecule has 0 radical (unpaired) electrons. The van der Waals surface area contributed by atoms with E-state index in [1.807, 2.05) is 6.07 Å². The average Bonchev–Trinajstić information content (AvgIpc) is 2.33. The summed E-state index contributed by atoms with van der Waals surface area (Å²) in [6.07, 6.45) is 2.43. The van der Waals surface area contributed by atoms with E-state index in [1.165, 1.54) is 11.3 Å². The molecule has 96 valence electrons. The fourth-order valence-electron chi connectivity index (χ4n) is 3.13. The minimum absolute atomic E-state index is 0.217. The Hall–Kier alpha value is -1.55. The Bertz CT molecular complexity index is 469. The zero-order chi connectivity index (χ0) is 12.6. The van der Waals surface area contributed by atoms with Gasteiger partial charge in [-0.3, -0.25) is 4.79 Å². The Kier molecular flexibility index (Phi) is 2.74. The Balaban J connectivity index is 1.95. The van der Waals surface area contributed by atoms with Crippen molar-refractivity contribution in [1.29, 1.82) is 0 Å². The van der Waals surface area contributed by atoms with Crippen molar-refractivity contribution >= 4 is 11.7 Å². The van der Waals surface area contributed by atoms with Crippen LogP contribution < -0.4 is 10.2 Å². The van der Waals surface area contributed by atoms with Crippen LogP contribution in [0.2, 0.25) is 0 Å². The van der Waals surface area contributed by atoms with Gasteiger partial charge >= 0.3 is 5.97 Å². The van der Waals surface area contributed by atoms with Crippen molar-refractivity contribution in [2.24, 2.45) is 0 Å². The minimum Gasteiger partial charge on any atom is -0.481 e.